The van der Waals surface area contributed by atoms with E-state index in [9.17, 15) is 9.59 Å². The van der Waals surface area contributed by atoms with Crippen LogP contribution in [0.3, 0.4) is 0 Å². The number of hydrogen-bond acceptors (Lipinski definition) is 9. The standard InChI is InChI=1S/C27H21Cl2N9O3S/c1-15-13-42-25(31-15)12-21(22-11-20(26(29)35-34-22)16-2-6-19(7-3-16)32-27(40)41)33-24(39)9-4-17-10-18(28)5-8-23(17)38-14-30-36-37-38/h2-11,13-14,21,32H,12H2,1H3,(H,33,39)(H,40,41). The number of rotatable bonds is 9. The second kappa shape index (κ2) is 12.9. The van der Waals surface area contributed by atoms with Crippen molar-refractivity contribution >= 4 is 58.3 Å². The number of benzene rings is 2. The lowest BCUT2D eigenvalue weighted by molar-refractivity contribution is -0.117. The third kappa shape index (κ3) is 7.13. The van der Waals surface area contributed by atoms with Crippen LogP contribution in [0.2, 0.25) is 10.2 Å². The predicted octanol–water partition coefficient (Wildman–Crippen LogP) is 5.39. The van der Waals surface area contributed by atoms with E-state index >= 15 is 0 Å². The minimum Gasteiger partial charge on any atom is -0.465 e. The maximum Gasteiger partial charge on any atom is 0.409 e. The van der Waals surface area contributed by atoms with Gasteiger partial charge in [-0.2, -0.15) is 9.78 Å². The fourth-order valence-electron chi connectivity index (χ4n) is 4.05. The monoisotopic (exact) mass is 621 g/mol. The van der Waals surface area contributed by atoms with Gasteiger partial charge in [0.1, 0.15) is 6.33 Å². The Bertz CT molecular complexity index is 1760. The van der Waals surface area contributed by atoms with Crippen molar-refractivity contribution < 1.29 is 14.7 Å². The minimum atomic E-state index is -1.17. The zero-order valence-electron chi connectivity index (χ0n) is 21.8. The van der Waals surface area contributed by atoms with Crippen molar-refractivity contribution in [2.45, 2.75) is 19.4 Å². The number of nitrogens with one attached hydrogen (secondary N) is 2. The van der Waals surface area contributed by atoms with Gasteiger partial charge in [0.25, 0.3) is 0 Å². The van der Waals surface area contributed by atoms with Crippen LogP contribution >= 0.6 is 34.5 Å². The molecule has 3 aromatic heterocycles. The summed E-state index contributed by atoms with van der Waals surface area (Å²) in [6.07, 6.45) is 3.65. The van der Waals surface area contributed by atoms with Crippen molar-refractivity contribution in [3.63, 3.8) is 0 Å². The molecular weight excluding hydrogens is 601 g/mol. The van der Waals surface area contributed by atoms with Gasteiger partial charge in [-0.05, 0) is 65.4 Å². The summed E-state index contributed by atoms with van der Waals surface area (Å²) >= 11 is 14.1. The van der Waals surface area contributed by atoms with E-state index < -0.39 is 18.0 Å². The maximum absolute atomic E-state index is 13.2. The summed E-state index contributed by atoms with van der Waals surface area (Å²) in [6.45, 7) is 1.90. The summed E-state index contributed by atoms with van der Waals surface area (Å²) in [4.78, 5) is 28.7. The van der Waals surface area contributed by atoms with Gasteiger partial charge in [-0.3, -0.25) is 10.1 Å². The molecule has 3 heterocycles. The fraction of sp³-hybridized carbons (Fsp3) is 0.111. The molecule has 1 atom stereocenters. The number of aryl methyl sites for hydroxylation is 1. The third-order valence-electron chi connectivity index (χ3n) is 5.93. The van der Waals surface area contributed by atoms with E-state index in [1.54, 1.807) is 54.6 Å². The molecule has 5 aromatic rings. The molecule has 0 aliphatic rings. The minimum absolute atomic E-state index is 0.156. The Balaban J connectivity index is 1.43. The Labute approximate surface area is 253 Å². The number of carboxylic acid groups (broad SMARTS) is 1. The number of tetrazole rings is 1. The number of halogens is 2. The van der Waals surface area contributed by atoms with Gasteiger partial charge in [0.2, 0.25) is 5.91 Å². The van der Waals surface area contributed by atoms with Crippen molar-refractivity contribution in [2.24, 2.45) is 0 Å². The van der Waals surface area contributed by atoms with Gasteiger partial charge < -0.3 is 10.4 Å². The van der Waals surface area contributed by atoms with Crippen LogP contribution in [0.5, 0.6) is 0 Å². The second-order valence-electron chi connectivity index (χ2n) is 8.92. The lowest BCUT2D eigenvalue weighted by atomic mass is 10.0. The molecule has 0 aliphatic heterocycles. The molecule has 42 heavy (non-hydrogen) atoms. The van der Waals surface area contributed by atoms with Crippen LogP contribution in [0.1, 0.15) is 28.0 Å². The number of carbonyl (C=O) groups excluding carboxylic acids is 1. The van der Waals surface area contributed by atoms with Crippen molar-refractivity contribution in [1.82, 2.24) is 40.7 Å². The predicted molar refractivity (Wildman–Crippen MR) is 159 cm³/mol. The second-order valence-corrected chi connectivity index (χ2v) is 10.7. The number of nitrogens with zero attached hydrogens (tertiary/aromatic N) is 7. The first-order valence-corrected chi connectivity index (χ1v) is 13.9. The Morgan fingerprint density at radius 3 is 2.62 bits per heavy atom. The number of amides is 2. The van der Waals surface area contributed by atoms with Crippen LogP contribution < -0.4 is 10.6 Å². The lowest BCUT2D eigenvalue weighted by Gasteiger charge is -2.17. The molecule has 212 valence electrons. The molecule has 0 bridgehead atoms. The molecule has 1 unspecified atom stereocenters. The molecule has 12 nitrogen and oxygen atoms in total. The highest BCUT2D eigenvalue weighted by Gasteiger charge is 2.20. The Morgan fingerprint density at radius 1 is 1.12 bits per heavy atom. The average Bonchev–Trinajstić information content (AvgIpc) is 3.64. The topological polar surface area (TPSA) is 161 Å². The van der Waals surface area contributed by atoms with Crippen LogP contribution in [0, 0.1) is 6.92 Å². The van der Waals surface area contributed by atoms with Crippen molar-refractivity contribution in [3.05, 3.63) is 98.4 Å². The number of hydrogen-bond donors (Lipinski definition) is 3. The van der Waals surface area contributed by atoms with E-state index in [4.69, 9.17) is 28.3 Å². The Hall–Kier alpha value is -4.72. The van der Waals surface area contributed by atoms with E-state index in [2.05, 4.69) is 41.3 Å². The first-order chi connectivity index (χ1) is 20.2. The van der Waals surface area contributed by atoms with Gasteiger partial charge >= 0.3 is 6.09 Å². The zero-order valence-corrected chi connectivity index (χ0v) is 24.1. The van der Waals surface area contributed by atoms with Gasteiger partial charge in [0, 0.05) is 45.4 Å². The number of carbonyl (C=O) groups is 2. The van der Waals surface area contributed by atoms with Gasteiger partial charge in [-0.1, -0.05) is 35.3 Å². The van der Waals surface area contributed by atoms with Crippen LogP contribution in [0.15, 0.2) is 66.3 Å². The van der Waals surface area contributed by atoms with Crippen LogP contribution in [-0.4, -0.2) is 52.5 Å². The lowest BCUT2D eigenvalue weighted by Crippen LogP contribution is -2.29. The molecule has 0 radical (unpaired) electrons. The smallest absolute Gasteiger partial charge is 0.409 e. The van der Waals surface area contributed by atoms with Crippen molar-refractivity contribution in [3.8, 4) is 16.8 Å². The molecule has 0 saturated carbocycles. The van der Waals surface area contributed by atoms with E-state index in [1.165, 1.54) is 28.4 Å². The molecule has 15 heteroatoms. The highest BCUT2D eigenvalue weighted by Crippen LogP contribution is 2.30. The molecule has 5 rings (SSSR count). The maximum atomic E-state index is 13.2. The van der Waals surface area contributed by atoms with Crippen LogP contribution in [0.4, 0.5) is 10.5 Å². The molecule has 2 amide bonds. The first-order valence-electron chi connectivity index (χ1n) is 12.3. The highest BCUT2D eigenvalue weighted by molar-refractivity contribution is 7.09. The summed E-state index contributed by atoms with van der Waals surface area (Å²) in [6, 6.07) is 13.0. The summed E-state index contributed by atoms with van der Waals surface area (Å²) in [5, 5.41) is 37.3. The van der Waals surface area contributed by atoms with E-state index in [-0.39, 0.29) is 5.15 Å². The number of anilines is 1. The molecular formula is C27H21Cl2N9O3S. The van der Waals surface area contributed by atoms with E-state index in [0.717, 1.165) is 10.7 Å². The largest absolute Gasteiger partial charge is 0.465 e. The van der Waals surface area contributed by atoms with Crippen LogP contribution in [0.25, 0.3) is 22.9 Å². The molecule has 0 spiro atoms. The normalized spacial score (nSPS) is 11.9. The summed E-state index contributed by atoms with van der Waals surface area (Å²) < 4.78 is 1.47. The average molecular weight is 622 g/mol. The van der Waals surface area contributed by atoms with Gasteiger partial charge in [-0.15, -0.1) is 21.5 Å². The SMILES string of the molecule is Cc1csc(CC(NC(=O)C=Cc2cc(Cl)ccc2-n2cnnn2)c2cc(-c3ccc(NC(=O)O)cc3)c(Cl)nn2)n1. The molecule has 2 aromatic carbocycles. The van der Waals surface area contributed by atoms with Crippen molar-refractivity contribution in [1.29, 1.82) is 0 Å². The summed E-state index contributed by atoms with van der Waals surface area (Å²) in [5.41, 5.74) is 4.27. The van der Waals surface area contributed by atoms with Gasteiger partial charge in [0.05, 0.1) is 22.4 Å². The van der Waals surface area contributed by atoms with E-state index in [0.29, 0.717) is 45.2 Å². The highest BCUT2D eigenvalue weighted by atomic mass is 35.5. The zero-order chi connectivity index (χ0) is 29.6. The Kier molecular flexibility index (Phi) is 8.81. The summed E-state index contributed by atoms with van der Waals surface area (Å²) in [7, 11) is 0. The number of thiazole rings is 1. The van der Waals surface area contributed by atoms with Gasteiger partial charge in [-0.25, -0.2) is 9.78 Å². The molecule has 0 saturated heterocycles. The Morgan fingerprint density at radius 2 is 1.93 bits per heavy atom. The quantitative estimate of drug-likeness (QED) is 0.183. The van der Waals surface area contributed by atoms with Crippen LogP contribution in [-0.2, 0) is 11.2 Å². The fourth-order valence-corrected chi connectivity index (χ4v) is 5.25. The first kappa shape index (κ1) is 28.8. The van der Waals surface area contributed by atoms with E-state index in [1.807, 2.05) is 12.3 Å². The number of aromatic nitrogens is 7. The molecule has 3 N–H and O–H groups in total. The van der Waals surface area contributed by atoms with Gasteiger partial charge in [0.15, 0.2) is 5.15 Å². The molecule has 0 aliphatic carbocycles. The van der Waals surface area contributed by atoms with Crippen molar-refractivity contribution in [2.75, 3.05) is 5.32 Å². The summed E-state index contributed by atoms with van der Waals surface area (Å²) in [5.74, 6) is -0.390. The third-order valence-corrected chi connectivity index (χ3v) is 7.44. The molecule has 0 fully saturated rings.